The van der Waals surface area contributed by atoms with E-state index in [1.54, 1.807) is 42.1 Å². The van der Waals surface area contributed by atoms with Gasteiger partial charge in [0.05, 0.1) is 24.7 Å². The molecule has 1 heterocycles. The Kier molecular flexibility index (Phi) is 10.1. The molecule has 0 aliphatic rings. The van der Waals surface area contributed by atoms with Crippen molar-refractivity contribution in [1.82, 2.24) is 9.55 Å². The van der Waals surface area contributed by atoms with Crippen molar-refractivity contribution in [1.29, 1.82) is 0 Å². The van der Waals surface area contributed by atoms with Gasteiger partial charge in [0.2, 0.25) is 0 Å². The summed E-state index contributed by atoms with van der Waals surface area (Å²) in [6.07, 6.45) is 5.81. The van der Waals surface area contributed by atoms with Gasteiger partial charge in [-0.15, -0.1) is 0 Å². The Morgan fingerprint density at radius 3 is 2.26 bits per heavy atom. The van der Waals surface area contributed by atoms with Gasteiger partial charge in [-0.05, 0) is 62.1 Å². The summed E-state index contributed by atoms with van der Waals surface area (Å²) in [7, 11) is 1.58. The molecule has 2 rings (SSSR count). The third-order valence-corrected chi connectivity index (χ3v) is 6.51. The predicted octanol–water partition coefficient (Wildman–Crippen LogP) is 5.02. The van der Waals surface area contributed by atoms with Gasteiger partial charge in [-0.1, -0.05) is 46.2 Å². The molecule has 0 bridgehead atoms. The summed E-state index contributed by atoms with van der Waals surface area (Å²) in [5.74, 6) is 1.25. The van der Waals surface area contributed by atoms with E-state index in [9.17, 15) is 14.4 Å². The lowest BCUT2D eigenvalue weighted by atomic mass is 9.73. The molecule has 2 aromatic rings. The summed E-state index contributed by atoms with van der Waals surface area (Å²) in [4.78, 5) is 39.6. The second-order valence-electron chi connectivity index (χ2n) is 9.94. The van der Waals surface area contributed by atoms with Gasteiger partial charge >= 0.3 is 11.7 Å². The van der Waals surface area contributed by atoms with E-state index in [4.69, 9.17) is 9.47 Å². The van der Waals surface area contributed by atoms with Crippen LogP contribution in [0.15, 0.2) is 40.1 Å². The largest absolute Gasteiger partial charge is 0.497 e. The van der Waals surface area contributed by atoms with Gasteiger partial charge in [0.1, 0.15) is 5.75 Å². The number of carbonyl (C=O) groups excluding carboxylic acids is 1. The molecule has 7 heteroatoms. The van der Waals surface area contributed by atoms with Crippen molar-refractivity contribution in [3.05, 3.63) is 51.3 Å². The number of methoxy groups -OCH3 is 1. The van der Waals surface area contributed by atoms with Crippen LogP contribution >= 0.6 is 0 Å². The van der Waals surface area contributed by atoms with Gasteiger partial charge in [0, 0.05) is 12.7 Å². The lowest BCUT2D eigenvalue weighted by Crippen LogP contribution is -2.36. The Morgan fingerprint density at radius 2 is 1.68 bits per heavy atom. The summed E-state index contributed by atoms with van der Waals surface area (Å²) in [5.41, 5.74) is -0.0955. The predicted molar refractivity (Wildman–Crippen MR) is 135 cm³/mol. The van der Waals surface area contributed by atoms with Crippen molar-refractivity contribution in [2.24, 2.45) is 17.3 Å². The zero-order chi connectivity index (χ0) is 25.3. The summed E-state index contributed by atoms with van der Waals surface area (Å²) in [6.45, 7) is 11.3. The molecule has 1 atom stereocenters. The van der Waals surface area contributed by atoms with Crippen LogP contribution in [0.3, 0.4) is 0 Å². The molecule has 1 aromatic heterocycles. The second kappa shape index (κ2) is 12.6. The minimum absolute atomic E-state index is 0.109. The molecule has 0 saturated carbocycles. The fraction of sp³-hybridized carbons (Fsp3) is 0.593. The maximum absolute atomic E-state index is 12.7. The number of carbonyl (C=O) groups is 1. The Balaban J connectivity index is 1.83. The van der Waals surface area contributed by atoms with Crippen LogP contribution in [0.1, 0.15) is 66.7 Å². The maximum Gasteiger partial charge on any atom is 0.328 e. The van der Waals surface area contributed by atoms with Crippen LogP contribution in [0.5, 0.6) is 5.75 Å². The van der Waals surface area contributed by atoms with E-state index in [-0.39, 0.29) is 11.9 Å². The first-order chi connectivity index (χ1) is 16.1. The lowest BCUT2D eigenvalue weighted by Gasteiger charge is -2.32. The molecule has 0 aliphatic carbocycles. The highest BCUT2D eigenvalue weighted by Gasteiger charge is 2.38. The first kappa shape index (κ1) is 27.4. The van der Waals surface area contributed by atoms with E-state index in [2.05, 4.69) is 32.7 Å². The number of aromatic amines is 1. The van der Waals surface area contributed by atoms with E-state index >= 15 is 0 Å². The van der Waals surface area contributed by atoms with Gasteiger partial charge in [-0.25, -0.2) is 4.79 Å². The van der Waals surface area contributed by atoms with Crippen molar-refractivity contribution in [3.8, 4) is 16.9 Å². The lowest BCUT2D eigenvalue weighted by molar-refractivity contribution is -0.159. The second-order valence-corrected chi connectivity index (χ2v) is 9.94. The summed E-state index contributed by atoms with van der Waals surface area (Å²) >= 11 is 0. The van der Waals surface area contributed by atoms with Gasteiger partial charge in [-0.3, -0.25) is 19.1 Å². The number of aryl methyl sites for hydroxylation is 1. The average molecular weight is 473 g/mol. The van der Waals surface area contributed by atoms with E-state index in [1.807, 2.05) is 6.92 Å². The summed E-state index contributed by atoms with van der Waals surface area (Å²) in [6, 6.07) is 7.16. The van der Waals surface area contributed by atoms with Crippen LogP contribution in [-0.4, -0.2) is 29.2 Å². The number of hydrogen-bond donors (Lipinski definition) is 1. The van der Waals surface area contributed by atoms with Crippen LogP contribution in [0.4, 0.5) is 0 Å². The molecular formula is C27H40N2O5. The highest BCUT2D eigenvalue weighted by Crippen LogP contribution is 2.35. The van der Waals surface area contributed by atoms with Crippen LogP contribution in [0.25, 0.3) is 11.1 Å². The number of nitrogens with zero attached hydrogens (tertiary/aromatic N) is 1. The molecule has 0 radical (unpaired) electrons. The third-order valence-electron chi connectivity index (χ3n) is 6.51. The molecule has 0 saturated heterocycles. The van der Waals surface area contributed by atoms with Crippen LogP contribution in [0, 0.1) is 17.3 Å². The SMILES string of the molecule is COc1ccc(-c2cn(CCCCCCOC(=O)C(C)(CC(C)C)C(C)C)c(=O)[nH]c2=O)cc1. The van der Waals surface area contributed by atoms with Crippen LogP contribution in [-0.2, 0) is 16.1 Å². The summed E-state index contributed by atoms with van der Waals surface area (Å²) < 4.78 is 12.3. The number of ether oxygens (including phenoxy) is 2. The Morgan fingerprint density at radius 1 is 1.03 bits per heavy atom. The highest BCUT2D eigenvalue weighted by molar-refractivity contribution is 5.76. The molecule has 0 fully saturated rings. The number of hydrogen-bond acceptors (Lipinski definition) is 5. The molecule has 0 aliphatic heterocycles. The molecule has 188 valence electrons. The van der Waals surface area contributed by atoms with Gasteiger partial charge < -0.3 is 9.47 Å². The van der Waals surface area contributed by atoms with Gasteiger partial charge in [0.15, 0.2) is 0 Å². The van der Waals surface area contributed by atoms with Crippen molar-refractivity contribution >= 4 is 5.97 Å². The molecular weight excluding hydrogens is 432 g/mol. The maximum atomic E-state index is 12.7. The number of rotatable bonds is 13. The van der Waals surface area contributed by atoms with Crippen molar-refractivity contribution in [2.45, 2.75) is 73.3 Å². The molecule has 7 nitrogen and oxygen atoms in total. The monoisotopic (exact) mass is 472 g/mol. The minimum Gasteiger partial charge on any atom is -0.497 e. The number of esters is 1. The number of unbranched alkanes of at least 4 members (excludes halogenated alkanes) is 3. The quantitative estimate of drug-likeness (QED) is 0.326. The standard InChI is InChI=1S/C27H40N2O5/c1-19(2)17-27(5,20(3)4)25(31)34-16-10-8-7-9-15-29-18-23(24(30)28-26(29)32)21-11-13-22(33-6)14-12-21/h11-14,18-20H,7-10,15-17H2,1-6H3,(H,28,30,32). The number of nitrogens with one attached hydrogen (secondary N) is 1. The Bertz CT molecular complexity index is 1040. The first-order valence-corrected chi connectivity index (χ1v) is 12.2. The molecule has 34 heavy (non-hydrogen) atoms. The molecule has 0 spiro atoms. The third kappa shape index (κ3) is 7.34. The van der Waals surface area contributed by atoms with Crippen LogP contribution in [0.2, 0.25) is 0 Å². The minimum atomic E-state index is -0.457. The van der Waals surface area contributed by atoms with Crippen molar-refractivity contribution in [3.63, 3.8) is 0 Å². The van der Waals surface area contributed by atoms with Crippen molar-refractivity contribution in [2.75, 3.05) is 13.7 Å². The van der Waals surface area contributed by atoms with Gasteiger partial charge in [0.25, 0.3) is 5.56 Å². The van der Waals surface area contributed by atoms with Gasteiger partial charge in [-0.2, -0.15) is 0 Å². The average Bonchev–Trinajstić information content (AvgIpc) is 2.79. The number of H-pyrrole nitrogens is 1. The fourth-order valence-electron chi connectivity index (χ4n) is 4.12. The fourth-order valence-corrected chi connectivity index (χ4v) is 4.12. The Hall–Kier alpha value is -2.83. The normalized spacial score (nSPS) is 13.2. The smallest absolute Gasteiger partial charge is 0.328 e. The molecule has 0 amide bonds. The Labute approximate surface area is 202 Å². The van der Waals surface area contributed by atoms with Crippen molar-refractivity contribution < 1.29 is 14.3 Å². The summed E-state index contributed by atoms with van der Waals surface area (Å²) in [5, 5.41) is 0. The highest BCUT2D eigenvalue weighted by atomic mass is 16.5. The first-order valence-electron chi connectivity index (χ1n) is 12.2. The molecule has 1 N–H and O–H groups in total. The molecule has 1 aromatic carbocycles. The van der Waals surface area contributed by atoms with E-state index in [0.717, 1.165) is 37.7 Å². The topological polar surface area (TPSA) is 90.4 Å². The number of benzene rings is 1. The zero-order valence-corrected chi connectivity index (χ0v) is 21.5. The van der Waals surface area contributed by atoms with E-state index < -0.39 is 16.7 Å². The zero-order valence-electron chi connectivity index (χ0n) is 21.5. The van der Waals surface area contributed by atoms with E-state index in [1.165, 1.54) is 0 Å². The van der Waals surface area contributed by atoms with Crippen LogP contribution < -0.4 is 16.0 Å². The molecule has 1 unspecified atom stereocenters. The number of aromatic nitrogens is 2. The van der Waals surface area contributed by atoms with E-state index in [0.29, 0.717) is 30.4 Å².